The summed E-state index contributed by atoms with van der Waals surface area (Å²) in [4.78, 5) is 60.3. The third kappa shape index (κ3) is 7.78. The van der Waals surface area contributed by atoms with Gasteiger partial charge in [0.2, 0.25) is 17.7 Å². The fourth-order valence-corrected chi connectivity index (χ4v) is 3.15. The standard InChI is InChI=1S/C18H31N5O6/c1-11(16(27)22-12(10-24)9-15(25)26)21-17(28)14-6-4-8-23(14)18(29)13(20)5-2-3-7-19/h10-14H,2-9,19-20H2,1H3,(H,21,28)(H,22,27)(H,25,26)/t11-,12-,13-,14-/m0/s1. The summed E-state index contributed by atoms with van der Waals surface area (Å²) in [6.45, 7) is 2.34. The first-order chi connectivity index (χ1) is 13.7. The molecule has 11 heteroatoms. The lowest BCUT2D eigenvalue weighted by atomic mass is 10.1. The second kappa shape index (κ2) is 12.1. The lowest BCUT2D eigenvalue weighted by Gasteiger charge is -2.27. The maximum absolute atomic E-state index is 12.6. The van der Waals surface area contributed by atoms with Crippen LogP contribution >= 0.6 is 0 Å². The molecular weight excluding hydrogens is 382 g/mol. The molecule has 11 nitrogen and oxygen atoms in total. The molecule has 4 atom stereocenters. The molecule has 0 bridgehead atoms. The Kier molecular flexibility index (Phi) is 10.2. The Bertz CT molecular complexity index is 614. The highest BCUT2D eigenvalue weighted by Crippen LogP contribution is 2.19. The van der Waals surface area contributed by atoms with E-state index in [9.17, 15) is 24.0 Å². The maximum atomic E-state index is 12.6. The summed E-state index contributed by atoms with van der Waals surface area (Å²) in [6.07, 6.45) is 2.84. The molecule has 3 amide bonds. The molecule has 29 heavy (non-hydrogen) atoms. The van der Waals surface area contributed by atoms with Gasteiger partial charge in [-0.2, -0.15) is 0 Å². The average molecular weight is 413 g/mol. The van der Waals surface area contributed by atoms with Crippen LogP contribution in [0.1, 0.15) is 45.4 Å². The number of likely N-dealkylation sites (tertiary alicyclic amines) is 1. The van der Waals surface area contributed by atoms with Crippen LogP contribution in [0.25, 0.3) is 0 Å². The summed E-state index contributed by atoms with van der Waals surface area (Å²) < 4.78 is 0. The molecule has 0 spiro atoms. The molecule has 0 unspecified atom stereocenters. The normalized spacial score (nSPS) is 19.1. The first kappa shape index (κ1) is 24.5. The van der Waals surface area contributed by atoms with Crippen LogP contribution in [0, 0.1) is 0 Å². The Morgan fingerprint density at radius 3 is 2.52 bits per heavy atom. The van der Waals surface area contributed by atoms with Crippen molar-refractivity contribution in [2.24, 2.45) is 11.5 Å². The van der Waals surface area contributed by atoms with E-state index in [0.717, 1.165) is 12.8 Å². The van der Waals surface area contributed by atoms with Gasteiger partial charge in [-0.25, -0.2) is 0 Å². The van der Waals surface area contributed by atoms with Crippen LogP contribution in [0.3, 0.4) is 0 Å². The van der Waals surface area contributed by atoms with Crippen molar-refractivity contribution in [3.63, 3.8) is 0 Å². The topological polar surface area (TPSA) is 185 Å². The fourth-order valence-electron chi connectivity index (χ4n) is 3.15. The van der Waals surface area contributed by atoms with E-state index < -0.39 is 48.4 Å². The molecule has 0 aromatic carbocycles. The van der Waals surface area contributed by atoms with Crippen molar-refractivity contribution in [1.82, 2.24) is 15.5 Å². The van der Waals surface area contributed by atoms with E-state index in [1.807, 2.05) is 0 Å². The quantitative estimate of drug-likeness (QED) is 0.181. The van der Waals surface area contributed by atoms with E-state index >= 15 is 0 Å². The first-order valence-corrected chi connectivity index (χ1v) is 9.75. The molecule has 1 heterocycles. The number of nitrogens with two attached hydrogens (primary N) is 2. The van der Waals surface area contributed by atoms with Crippen LogP contribution in [0.5, 0.6) is 0 Å². The first-order valence-electron chi connectivity index (χ1n) is 9.75. The van der Waals surface area contributed by atoms with E-state index in [2.05, 4.69) is 10.6 Å². The lowest BCUT2D eigenvalue weighted by molar-refractivity contribution is -0.140. The van der Waals surface area contributed by atoms with Gasteiger partial charge in [-0.15, -0.1) is 0 Å². The summed E-state index contributed by atoms with van der Waals surface area (Å²) in [5.74, 6) is -2.72. The van der Waals surface area contributed by atoms with E-state index in [1.54, 1.807) is 0 Å². The van der Waals surface area contributed by atoms with Crippen LogP contribution in [0.15, 0.2) is 0 Å². The molecule has 0 aromatic rings. The zero-order chi connectivity index (χ0) is 22.0. The molecule has 0 saturated carbocycles. The number of hydrogen-bond donors (Lipinski definition) is 5. The lowest BCUT2D eigenvalue weighted by Crippen LogP contribution is -2.55. The molecule has 1 rings (SSSR count). The van der Waals surface area contributed by atoms with Gasteiger partial charge in [-0.3, -0.25) is 19.2 Å². The second-order valence-electron chi connectivity index (χ2n) is 7.16. The van der Waals surface area contributed by atoms with Gasteiger partial charge in [0.1, 0.15) is 18.4 Å². The number of carboxylic acids is 1. The average Bonchev–Trinajstić information content (AvgIpc) is 3.16. The molecule has 1 aliphatic heterocycles. The number of nitrogens with zero attached hydrogens (tertiary/aromatic N) is 1. The highest BCUT2D eigenvalue weighted by atomic mass is 16.4. The van der Waals surface area contributed by atoms with Gasteiger partial charge in [0.25, 0.3) is 0 Å². The number of carbonyl (C=O) groups excluding carboxylic acids is 4. The van der Waals surface area contributed by atoms with Crippen molar-refractivity contribution in [1.29, 1.82) is 0 Å². The molecule has 1 saturated heterocycles. The summed E-state index contributed by atoms with van der Waals surface area (Å²) in [5, 5.41) is 13.5. The van der Waals surface area contributed by atoms with Crippen LogP contribution in [0.4, 0.5) is 0 Å². The van der Waals surface area contributed by atoms with E-state index in [4.69, 9.17) is 16.6 Å². The Balaban J connectivity index is 2.62. The third-order valence-corrected chi connectivity index (χ3v) is 4.76. The monoisotopic (exact) mass is 413 g/mol. The summed E-state index contributed by atoms with van der Waals surface area (Å²) >= 11 is 0. The highest BCUT2D eigenvalue weighted by Gasteiger charge is 2.37. The number of carbonyl (C=O) groups is 5. The van der Waals surface area contributed by atoms with E-state index in [-0.39, 0.29) is 5.91 Å². The van der Waals surface area contributed by atoms with Gasteiger partial charge >= 0.3 is 5.97 Å². The number of hydrogen-bond acceptors (Lipinski definition) is 7. The zero-order valence-electron chi connectivity index (χ0n) is 16.6. The molecule has 1 fully saturated rings. The smallest absolute Gasteiger partial charge is 0.305 e. The van der Waals surface area contributed by atoms with Crippen molar-refractivity contribution in [3.05, 3.63) is 0 Å². The second-order valence-corrected chi connectivity index (χ2v) is 7.16. The number of rotatable bonds is 12. The predicted octanol–water partition coefficient (Wildman–Crippen LogP) is -1.90. The van der Waals surface area contributed by atoms with Crippen LogP contribution in [-0.2, 0) is 24.0 Å². The van der Waals surface area contributed by atoms with Gasteiger partial charge in [-0.1, -0.05) is 6.42 Å². The Morgan fingerprint density at radius 1 is 1.24 bits per heavy atom. The number of unbranched alkanes of at least 4 members (excludes halogenated alkanes) is 1. The summed E-state index contributed by atoms with van der Waals surface area (Å²) in [6, 6.07) is -3.62. The van der Waals surface area contributed by atoms with E-state index in [1.165, 1.54) is 11.8 Å². The van der Waals surface area contributed by atoms with Crippen LogP contribution in [0.2, 0.25) is 0 Å². The number of aldehydes is 1. The fraction of sp³-hybridized carbons (Fsp3) is 0.722. The van der Waals surface area contributed by atoms with Crippen molar-refractivity contribution in [2.75, 3.05) is 13.1 Å². The minimum atomic E-state index is -1.23. The molecule has 7 N–H and O–H groups in total. The summed E-state index contributed by atoms with van der Waals surface area (Å²) in [7, 11) is 0. The maximum Gasteiger partial charge on any atom is 0.305 e. The minimum absolute atomic E-state index is 0.306. The highest BCUT2D eigenvalue weighted by molar-refractivity contribution is 5.94. The molecule has 0 aliphatic carbocycles. The molecule has 1 aliphatic rings. The van der Waals surface area contributed by atoms with Crippen molar-refractivity contribution < 1.29 is 29.1 Å². The third-order valence-electron chi connectivity index (χ3n) is 4.76. The predicted molar refractivity (Wildman–Crippen MR) is 103 cm³/mol. The van der Waals surface area contributed by atoms with Crippen LogP contribution in [-0.4, -0.2) is 77.2 Å². The van der Waals surface area contributed by atoms with E-state index in [0.29, 0.717) is 38.6 Å². The van der Waals surface area contributed by atoms with Gasteiger partial charge < -0.3 is 36.9 Å². The molecular formula is C18H31N5O6. The minimum Gasteiger partial charge on any atom is -0.481 e. The number of nitrogens with one attached hydrogen (secondary N) is 2. The Labute approximate surface area is 169 Å². The van der Waals surface area contributed by atoms with Crippen molar-refractivity contribution in [3.8, 4) is 0 Å². The van der Waals surface area contributed by atoms with Gasteiger partial charge in [0.15, 0.2) is 0 Å². The van der Waals surface area contributed by atoms with Gasteiger partial charge in [-0.05, 0) is 39.2 Å². The number of aliphatic carboxylic acids is 1. The molecule has 164 valence electrons. The van der Waals surface area contributed by atoms with Gasteiger partial charge in [0.05, 0.1) is 18.5 Å². The molecule has 0 radical (unpaired) electrons. The molecule has 0 aromatic heterocycles. The number of carboxylic acid groups (broad SMARTS) is 1. The number of amides is 3. The SMILES string of the molecule is C[C@H](NC(=O)[C@@H]1CCCN1C(=O)[C@@H](N)CCCCN)C(=O)N[C@H](C=O)CC(=O)O. The van der Waals surface area contributed by atoms with Crippen molar-refractivity contribution in [2.45, 2.75) is 69.6 Å². The Hall–Kier alpha value is -2.53. The zero-order valence-corrected chi connectivity index (χ0v) is 16.6. The van der Waals surface area contributed by atoms with Gasteiger partial charge in [0, 0.05) is 6.54 Å². The largest absolute Gasteiger partial charge is 0.481 e. The van der Waals surface area contributed by atoms with Crippen molar-refractivity contribution >= 4 is 30.0 Å². The van der Waals surface area contributed by atoms with Crippen LogP contribution < -0.4 is 22.1 Å². The Morgan fingerprint density at radius 2 is 1.93 bits per heavy atom. The summed E-state index contributed by atoms with van der Waals surface area (Å²) in [5.41, 5.74) is 11.4.